The number of carboxylic acid groups (broad SMARTS) is 1. The lowest BCUT2D eigenvalue weighted by atomic mass is 9.95. The van der Waals surface area contributed by atoms with E-state index in [0.717, 1.165) is 0 Å². The summed E-state index contributed by atoms with van der Waals surface area (Å²) in [5, 5.41) is 14.3. The van der Waals surface area contributed by atoms with E-state index in [2.05, 4.69) is 10.6 Å². The van der Waals surface area contributed by atoms with Crippen LogP contribution in [0.2, 0.25) is 0 Å². The number of carbonyl (C=O) groups excluding carboxylic acids is 3. The number of hydrogen-bond donors (Lipinski definition) is 3. The van der Waals surface area contributed by atoms with Crippen LogP contribution in [-0.4, -0.2) is 60.5 Å². The van der Waals surface area contributed by atoms with Crippen molar-refractivity contribution in [1.82, 2.24) is 20.1 Å². The van der Waals surface area contributed by atoms with Crippen molar-refractivity contribution >= 4 is 46.4 Å². The zero-order valence-electron chi connectivity index (χ0n) is 20.8. The van der Waals surface area contributed by atoms with E-state index < -0.39 is 69.8 Å². The quantitative estimate of drug-likeness (QED) is 0.352. The Kier molecular flexibility index (Phi) is 6.54. The number of thioether (sulfide) groups is 1. The van der Waals surface area contributed by atoms with Gasteiger partial charge in [-0.25, -0.2) is 14.2 Å². The molecule has 12 nitrogen and oxygen atoms in total. The molecule has 4 atom stereocenters. The predicted octanol–water partition coefficient (Wildman–Crippen LogP) is 0.444. The molecule has 2 fully saturated rings. The molecule has 2 saturated heterocycles. The van der Waals surface area contributed by atoms with E-state index >= 15 is 0 Å². The van der Waals surface area contributed by atoms with Crippen molar-refractivity contribution in [2.45, 2.75) is 48.6 Å². The lowest BCUT2D eigenvalue weighted by molar-refractivity contribution is -0.161. The molecule has 0 saturated carbocycles. The molecule has 2 aromatic carbocycles. The van der Waals surface area contributed by atoms with Crippen molar-refractivity contribution in [3.05, 3.63) is 81.1 Å². The van der Waals surface area contributed by atoms with Gasteiger partial charge >= 0.3 is 11.7 Å². The Hall–Kier alpha value is -4.39. The fourth-order valence-electron chi connectivity index (χ4n) is 4.92. The summed E-state index contributed by atoms with van der Waals surface area (Å²) in [5.74, 6) is -4.20. The number of fused-ring (bicyclic) bond motifs is 2. The summed E-state index contributed by atoms with van der Waals surface area (Å²) < 4.78 is 5.00. The molecule has 0 unspecified atom stereocenters. The number of benzene rings is 2. The Labute approximate surface area is 225 Å². The smallest absolute Gasteiger partial charge is 0.422 e. The van der Waals surface area contributed by atoms with Crippen molar-refractivity contribution in [2.24, 2.45) is 0 Å². The minimum absolute atomic E-state index is 0.0861. The highest BCUT2D eigenvalue weighted by molar-refractivity contribution is 8.01. The summed E-state index contributed by atoms with van der Waals surface area (Å²) >= 11 is 1.27. The molecule has 3 N–H and O–H groups in total. The van der Waals surface area contributed by atoms with Crippen molar-refractivity contribution in [3.63, 3.8) is 0 Å². The third-order valence-corrected chi connectivity index (χ3v) is 8.33. The summed E-state index contributed by atoms with van der Waals surface area (Å²) in [7, 11) is 0. The first-order valence-corrected chi connectivity index (χ1v) is 12.9. The molecule has 13 heteroatoms. The van der Waals surface area contributed by atoms with Crippen LogP contribution >= 0.6 is 11.8 Å². The second kappa shape index (κ2) is 9.73. The van der Waals surface area contributed by atoms with Crippen molar-refractivity contribution in [1.29, 1.82) is 0 Å². The highest BCUT2D eigenvalue weighted by atomic mass is 32.2. The first kappa shape index (κ1) is 26.2. The molecule has 0 bridgehead atoms. The number of amides is 3. The molecule has 0 aliphatic carbocycles. The molecule has 39 heavy (non-hydrogen) atoms. The van der Waals surface area contributed by atoms with E-state index in [1.807, 2.05) is 0 Å². The van der Waals surface area contributed by atoms with Gasteiger partial charge in [0.15, 0.2) is 0 Å². The van der Waals surface area contributed by atoms with Gasteiger partial charge in [0.25, 0.3) is 5.56 Å². The molecular weight excluding hydrogens is 528 g/mol. The Balaban J connectivity index is 1.36. The second-order valence-electron chi connectivity index (χ2n) is 9.75. The molecule has 1 aromatic heterocycles. The average Bonchev–Trinajstić information content (AvgIpc) is 3.16. The summed E-state index contributed by atoms with van der Waals surface area (Å²) in [6.45, 7) is 2.74. The molecule has 0 spiro atoms. The number of para-hydroxylation sites is 1. The number of rotatable bonds is 7. The van der Waals surface area contributed by atoms with Gasteiger partial charge in [0.2, 0.25) is 17.7 Å². The van der Waals surface area contributed by atoms with Crippen LogP contribution in [0.25, 0.3) is 11.0 Å². The minimum atomic E-state index is -1.27. The van der Waals surface area contributed by atoms with Gasteiger partial charge in [-0.05, 0) is 31.5 Å². The molecular formula is C26H24N4O8S. The zero-order chi connectivity index (χ0) is 28.1. The maximum Gasteiger partial charge on any atom is 0.422 e. The third-order valence-electron chi connectivity index (χ3n) is 6.76. The van der Waals surface area contributed by atoms with Gasteiger partial charge in [0.05, 0.1) is 5.39 Å². The number of aromatic nitrogens is 1. The van der Waals surface area contributed by atoms with Crippen molar-refractivity contribution in [2.75, 3.05) is 0 Å². The Morgan fingerprint density at radius 1 is 1.05 bits per heavy atom. The lowest BCUT2D eigenvalue weighted by Gasteiger charge is -2.44. The van der Waals surface area contributed by atoms with Gasteiger partial charge in [-0.3, -0.25) is 19.2 Å². The number of aliphatic carboxylic acids is 1. The van der Waals surface area contributed by atoms with Crippen LogP contribution < -0.4 is 21.9 Å². The van der Waals surface area contributed by atoms with Gasteiger partial charge in [0.1, 0.15) is 35.6 Å². The van der Waals surface area contributed by atoms with Crippen LogP contribution in [-0.2, 0) is 25.7 Å². The van der Waals surface area contributed by atoms with Crippen molar-refractivity contribution in [3.8, 4) is 0 Å². The van der Waals surface area contributed by atoms with E-state index in [1.165, 1.54) is 28.8 Å². The normalized spacial score (nSPS) is 22.1. The van der Waals surface area contributed by atoms with Crippen LogP contribution in [0.1, 0.15) is 25.5 Å². The van der Waals surface area contributed by atoms with Crippen LogP contribution in [0.4, 0.5) is 0 Å². The van der Waals surface area contributed by atoms with Gasteiger partial charge in [0, 0.05) is 4.75 Å². The predicted molar refractivity (Wildman–Crippen MR) is 140 cm³/mol. The molecule has 3 heterocycles. The van der Waals surface area contributed by atoms with Gasteiger partial charge in [-0.15, -0.1) is 11.8 Å². The maximum atomic E-state index is 13.4. The van der Waals surface area contributed by atoms with E-state index in [-0.39, 0.29) is 11.0 Å². The number of carboxylic acids is 1. The molecule has 2 aliphatic heterocycles. The first-order valence-electron chi connectivity index (χ1n) is 12.0. The van der Waals surface area contributed by atoms with E-state index in [4.69, 9.17) is 4.42 Å². The van der Waals surface area contributed by atoms with Crippen molar-refractivity contribution < 1.29 is 28.7 Å². The fourth-order valence-corrected chi connectivity index (χ4v) is 6.55. The molecule has 0 radical (unpaired) electrons. The standard InChI is InChI=1S/C26H24N4O8S/c1-26(2)19(24(35)36)30-22(34)18(23(30)39-26)28-20(32)17(13-8-4-3-5-9-13)27-16(31)12-29-21(33)14-10-6-7-11-15(14)38-25(29)37/h3-11,17-19,23H,12H2,1-2H3,(H,27,31)(H,28,32)(H,35,36)/t17-,18-,19+,23-/m1/s1. The second-order valence-corrected chi connectivity index (χ2v) is 11.5. The van der Waals surface area contributed by atoms with E-state index in [0.29, 0.717) is 10.1 Å². The first-order chi connectivity index (χ1) is 18.5. The molecule has 3 amide bonds. The number of β-lactam (4-membered cyclic amide) rings is 1. The summed E-state index contributed by atoms with van der Waals surface area (Å²) in [6.07, 6.45) is 0. The van der Waals surface area contributed by atoms with Gasteiger partial charge in [-0.1, -0.05) is 42.5 Å². The lowest BCUT2D eigenvalue weighted by Crippen LogP contribution is -2.71. The SMILES string of the molecule is CC1(C)S[C@@H]2[C@H](NC(=O)[C@H](NC(=O)Cn3c(=O)oc4ccccc4c3=O)c3ccccc3)C(=O)N2[C@H]1C(=O)O. The Morgan fingerprint density at radius 2 is 1.72 bits per heavy atom. The molecule has 202 valence electrons. The zero-order valence-corrected chi connectivity index (χ0v) is 21.6. The number of hydrogen-bond acceptors (Lipinski definition) is 8. The van der Waals surface area contributed by atoms with Crippen LogP contribution in [0.5, 0.6) is 0 Å². The number of carbonyl (C=O) groups is 4. The highest BCUT2D eigenvalue weighted by Gasteiger charge is 2.64. The molecule has 5 rings (SSSR count). The Bertz CT molecular complexity index is 1620. The van der Waals surface area contributed by atoms with Gasteiger partial charge < -0.3 is 25.1 Å². The maximum absolute atomic E-state index is 13.4. The van der Waals surface area contributed by atoms with E-state index in [1.54, 1.807) is 56.3 Å². The van der Waals surface area contributed by atoms with Gasteiger partial charge in [-0.2, -0.15) is 0 Å². The molecule has 2 aliphatic rings. The molecule has 3 aromatic rings. The minimum Gasteiger partial charge on any atom is -0.480 e. The third kappa shape index (κ3) is 4.58. The Morgan fingerprint density at radius 3 is 2.41 bits per heavy atom. The fraction of sp³-hybridized carbons (Fsp3) is 0.308. The summed E-state index contributed by atoms with van der Waals surface area (Å²) in [6, 6.07) is 11.1. The summed E-state index contributed by atoms with van der Waals surface area (Å²) in [4.78, 5) is 77.4. The van der Waals surface area contributed by atoms with Crippen LogP contribution in [0, 0.1) is 0 Å². The van der Waals surface area contributed by atoms with E-state index in [9.17, 15) is 33.9 Å². The van der Waals surface area contributed by atoms with Crippen LogP contribution in [0.3, 0.4) is 0 Å². The number of nitrogens with one attached hydrogen (secondary N) is 2. The van der Waals surface area contributed by atoms with Crippen LogP contribution in [0.15, 0.2) is 68.6 Å². The highest BCUT2D eigenvalue weighted by Crippen LogP contribution is 2.50. The number of nitrogens with zero attached hydrogens (tertiary/aromatic N) is 2. The topological polar surface area (TPSA) is 168 Å². The largest absolute Gasteiger partial charge is 0.480 e. The summed E-state index contributed by atoms with van der Waals surface area (Å²) in [5.41, 5.74) is -0.234. The monoisotopic (exact) mass is 552 g/mol. The average molecular weight is 553 g/mol.